The maximum absolute atomic E-state index is 5.40. The molecule has 6 aromatic carbocycles. The average Bonchev–Trinajstić information content (AvgIpc) is 3.58. The van der Waals surface area contributed by atoms with E-state index in [-0.39, 0.29) is 5.41 Å². The molecule has 2 aromatic heterocycles. The minimum Gasteiger partial charge on any atom is -0.278 e. The SMILES string of the molecule is CC1(C)C=Cc2c(-c3cccc(-c4cccc5ccccc45)c3)nc(-n3c4ccccc4c4c5ccccc5ccc43)nc21. The zero-order valence-corrected chi connectivity index (χ0v) is 24.6. The Balaban J connectivity index is 1.32. The summed E-state index contributed by atoms with van der Waals surface area (Å²) in [5, 5.41) is 7.41. The number of fused-ring (bicyclic) bond motifs is 7. The molecular weight excluding hydrogens is 534 g/mol. The predicted molar refractivity (Wildman–Crippen MR) is 184 cm³/mol. The summed E-state index contributed by atoms with van der Waals surface area (Å²) in [6, 6.07) is 45.6. The van der Waals surface area contributed by atoms with Gasteiger partial charge < -0.3 is 0 Å². The second-order valence-electron chi connectivity index (χ2n) is 12.3. The summed E-state index contributed by atoms with van der Waals surface area (Å²) in [4.78, 5) is 10.7. The molecule has 2 heterocycles. The normalized spacial score (nSPS) is 13.8. The zero-order valence-electron chi connectivity index (χ0n) is 24.6. The van der Waals surface area contributed by atoms with Gasteiger partial charge in [-0.2, -0.15) is 0 Å². The molecule has 0 N–H and O–H groups in total. The predicted octanol–water partition coefficient (Wildman–Crippen LogP) is 10.5. The van der Waals surface area contributed by atoms with E-state index in [4.69, 9.17) is 9.97 Å². The molecule has 0 fully saturated rings. The molecule has 208 valence electrons. The van der Waals surface area contributed by atoms with Crippen molar-refractivity contribution in [1.82, 2.24) is 14.5 Å². The highest BCUT2D eigenvalue weighted by Gasteiger charge is 2.31. The monoisotopic (exact) mass is 563 g/mol. The van der Waals surface area contributed by atoms with E-state index in [1.807, 2.05) is 0 Å². The van der Waals surface area contributed by atoms with Crippen molar-refractivity contribution in [1.29, 1.82) is 0 Å². The molecule has 9 rings (SSSR count). The molecule has 0 amide bonds. The van der Waals surface area contributed by atoms with Crippen molar-refractivity contribution >= 4 is 49.4 Å². The van der Waals surface area contributed by atoms with Crippen LogP contribution >= 0.6 is 0 Å². The summed E-state index contributed by atoms with van der Waals surface area (Å²) < 4.78 is 2.25. The van der Waals surface area contributed by atoms with Crippen molar-refractivity contribution in [3.8, 4) is 28.3 Å². The van der Waals surface area contributed by atoms with E-state index in [1.165, 1.54) is 43.4 Å². The Morgan fingerprint density at radius 2 is 1.25 bits per heavy atom. The summed E-state index contributed by atoms with van der Waals surface area (Å²) in [5.41, 5.74) is 8.62. The minimum atomic E-state index is -0.208. The van der Waals surface area contributed by atoms with Crippen LogP contribution in [0.2, 0.25) is 0 Å². The molecule has 0 radical (unpaired) electrons. The van der Waals surface area contributed by atoms with Gasteiger partial charge in [-0.25, -0.2) is 9.97 Å². The van der Waals surface area contributed by atoms with Crippen molar-refractivity contribution in [2.24, 2.45) is 0 Å². The van der Waals surface area contributed by atoms with Crippen LogP contribution in [0.4, 0.5) is 0 Å². The molecule has 0 aliphatic heterocycles. The maximum Gasteiger partial charge on any atom is 0.235 e. The molecule has 0 bridgehead atoms. The van der Waals surface area contributed by atoms with E-state index in [0.29, 0.717) is 5.95 Å². The number of rotatable bonds is 3. The molecule has 44 heavy (non-hydrogen) atoms. The second kappa shape index (κ2) is 9.23. The van der Waals surface area contributed by atoms with Crippen molar-refractivity contribution in [3.05, 3.63) is 145 Å². The van der Waals surface area contributed by atoms with Crippen LogP contribution in [-0.4, -0.2) is 14.5 Å². The fourth-order valence-electron chi connectivity index (χ4n) is 7.06. The molecule has 1 aliphatic rings. The average molecular weight is 564 g/mol. The highest BCUT2D eigenvalue weighted by Crippen LogP contribution is 2.42. The first-order valence-corrected chi connectivity index (χ1v) is 15.2. The van der Waals surface area contributed by atoms with Gasteiger partial charge in [-0.15, -0.1) is 0 Å². The maximum atomic E-state index is 5.40. The van der Waals surface area contributed by atoms with Crippen LogP contribution < -0.4 is 0 Å². The molecule has 0 saturated carbocycles. The lowest BCUT2D eigenvalue weighted by atomic mass is 9.90. The molecule has 3 heteroatoms. The zero-order chi connectivity index (χ0) is 29.4. The smallest absolute Gasteiger partial charge is 0.235 e. The molecule has 0 atom stereocenters. The van der Waals surface area contributed by atoms with Gasteiger partial charge in [-0.1, -0.05) is 135 Å². The van der Waals surface area contributed by atoms with E-state index >= 15 is 0 Å². The summed E-state index contributed by atoms with van der Waals surface area (Å²) in [7, 11) is 0. The van der Waals surface area contributed by atoms with Crippen LogP contribution in [0.3, 0.4) is 0 Å². The fraction of sp³-hybridized carbons (Fsp3) is 0.0732. The van der Waals surface area contributed by atoms with Gasteiger partial charge in [0.1, 0.15) is 0 Å². The van der Waals surface area contributed by atoms with Gasteiger partial charge in [0.05, 0.1) is 22.4 Å². The lowest BCUT2D eigenvalue weighted by Crippen LogP contribution is -2.16. The number of hydrogen-bond donors (Lipinski definition) is 0. The number of allylic oxidation sites excluding steroid dienone is 1. The quantitative estimate of drug-likeness (QED) is 0.214. The third-order valence-corrected chi connectivity index (χ3v) is 9.21. The van der Waals surface area contributed by atoms with Gasteiger partial charge in [-0.3, -0.25) is 4.57 Å². The first-order chi connectivity index (χ1) is 21.6. The number of aromatic nitrogens is 3. The lowest BCUT2D eigenvalue weighted by molar-refractivity contribution is 0.651. The van der Waals surface area contributed by atoms with E-state index in [2.05, 4.69) is 158 Å². The van der Waals surface area contributed by atoms with E-state index in [0.717, 1.165) is 33.5 Å². The van der Waals surface area contributed by atoms with Crippen molar-refractivity contribution < 1.29 is 0 Å². The number of benzene rings is 6. The van der Waals surface area contributed by atoms with Crippen molar-refractivity contribution in [2.45, 2.75) is 19.3 Å². The molecule has 8 aromatic rings. The molecule has 0 unspecified atom stereocenters. The molecular formula is C41H29N3. The number of hydrogen-bond acceptors (Lipinski definition) is 2. The van der Waals surface area contributed by atoms with Gasteiger partial charge in [0.2, 0.25) is 5.95 Å². The highest BCUT2D eigenvalue weighted by atomic mass is 15.2. The van der Waals surface area contributed by atoms with E-state index in [9.17, 15) is 0 Å². The first-order valence-electron chi connectivity index (χ1n) is 15.2. The first kappa shape index (κ1) is 25.0. The Bertz CT molecular complexity index is 2470. The van der Waals surface area contributed by atoms with Crippen LogP contribution in [0.5, 0.6) is 0 Å². The van der Waals surface area contributed by atoms with Crippen LogP contribution in [0.15, 0.2) is 133 Å². The third-order valence-electron chi connectivity index (χ3n) is 9.21. The number of para-hydroxylation sites is 1. The van der Waals surface area contributed by atoms with Crippen LogP contribution in [0.1, 0.15) is 25.1 Å². The Hall–Kier alpha value is -5.54. The standard InChI is InChI=1S/C41H29N3/c1-41(2)24-23-34-38(29-15-9-14-28(25-29)31-19-10-13-26-11-3-5-16-30(26)31)42-40(43-39(34)41)44-35-20-8-7-18-33(35)37-32-17-6-4-12-27(32)21-22-36(37)44/h3-25H,1-2H3. The fourth-order valence-corrected chi connectivity index (χ4v) is 7.06. The minimum absolute atomic E-state index is 0.208. The Morgan fingerprint density at radius 3 is 2.11 bits per heavy atom. The lowest BCUT2D eigenvalue weighted by Gasteiger charge is -2.20. The van der Waals surface area contributed by atoms with Gasteiger partial charge in [0.25, 0.3) is 0 Å². The Morgan fingerprint density at radius 1 is 0.568 bits per heavy atom. The van der Waals surface area contributed by atoms with Crippen LogP contribution in [0.25, 0.3) is 77.8 Å². The van der Waals surface area contributed by atoms with Crippen LogP contribution in [0, 0.1) is 0 Å². The largest absolute Gasteiger partial charge is 0.278 e. The van der Waals surface area contributed by atoms with Crippen molar-refractivity contribution in [2.75, 3.05) is 0 Å². The van der Waals surface area contributed by atoms with Gasteiger partial charge in [-0.05, 0) is 50.9 Å². The van der Waals surface area contributed by atoms with Gasteiger partial charge >= 0.3 is 0 Å². The number of nitrogens with zero attached hydrogens (tertiary/aromatic N) is 3. The Kier molecular flexibility index (Phi) is 5.24. The molecule has 1 aliphatic carbocycles. The van der Waals surface area contributed by atoms with Gasteiger partial charge in [0.15, 0.2) is 0 Å². The summed E-state index contributed by atoms with van der Waals surface area (Å²) in [5.74, 6) is 0.701. The van der Waals surface area contributed by atoms with E-state index < -0.39 is 0 Å². The van der Waals surface area contributed by atoms with Crippen molar-refractivity contribution in [3.63, 3.8) is 0 Å². The topological polar surface area (TPSA) is 30.7 Å². The molecule has 0 saturated heterocycles. The molecule has 3 nitrogen and oxygen atoms in total. The second-order valence-corrected chi connectivity index (χ2v) is 12.3. The summed E-state index contributed by atoms with van der Waals surface area (Å²) in [6.07, 6.45) is 4.46. The molecule has 0 spiro atoms. The summed E-state index contributed by atoms with van der Waals surface area (Å²) in [6.45, 7) is 4.48. The highest BCUT2D eigenvalue weighted by molar-refractivity contribution is 6.21. The Labute approximate surface area is 255 Å². The van der Waals surface area contributed by atoms with E-state index in [1.54, 1.807) is 0 Å². The summed E-state index contributed by atoms with van der Waals surface area (Å²) >= 11 is 0. The van der Waals surface area contributed by atoms with Crippen LogP contribution in [-0.2, 0) is 5.41 Å². The van der Waals surface area contributed by atoms with Gasteiger partial charge in [0, 0.05) is 27.3 Å². The third kappa shape index (κ3) is 3.62.